The van der Waals surface area contributed by atoms with Gasteiger partial charge >= 0.3 is 0 Å². The number of pyridine rings is 1. The normalized spacial score (nSPS) is 29.0. The number of ether oxygens (including phenoxy) is 1. The maximum Gasteiger partial charge on any atom is 0.137 e. The van der Waals surface area contributed by atoms with Crippen LogP contribution in [0.3, 0.4) is 0 Å². The zero-order chi connectivity index (χ0) is 12.3. The minimum Gasteiger partial charge on any atom is -0.495 e. The molecule has 0 aromatic carbocycles. The molecule has 0 radical (unpaired) electrons. The lowest BCUT2D eigenvalue weighted by atomic mass is 9.72. The van der Waals surface area contributed by atoms with E-state index < -0.39 is 0 Å². The molecule has 17 heavy (non-hydrogen) atoms. The van der Waals surface area contributed by atoms with Crippen LogP contribution in [0.5, 0.6) is 5.75 Å². The summed E-state index contributed by atoms with van der Waals surface area (Å²) in [5, 5.41) is 0. The smallest absolute Gasteiger partial charge is 0.137 e. The quantitative estimate of drug-likeness (QED) is 0.874. The highest BCUT2D eigenvalue weighted by atomic mass is 16.5. The van der Waals surface area contributed by atoms with Crippen molar-refractivity contribution in [2.45, 2.75) is 44.6 Å². The molecule has 1 saturated carbocycles. The van der Waals surface area contributed by atoms with E-state index in [4.69, 9.17) is 10.5 Å². The van der Waals surface area contributed by atoms with Gasteiger partial charge in [0.25, 0.3) is 0 Å². The van der Waals surface area contributed by atoms with E-state index in [1.54, 1.807) is 13.3 Å². The van der Waals surface area contributed by atoms with E-state index in [0.29, 0.717) is 0 Å². The van der Waals surface area contributed by atoms with Gasteiger partial charge in [-0.05, 0) is 30.4 Å². The summed E-state index contributed by atoms with van der Waals surface area (Å²) < 4.78 is 5.23. The van der Waals surface area contributed by atoms with Crippen LogP contribution in [0, 0.1) is 5.92 Å². The van der Waals surface area contributed by atoms with Gasteiger partial charge in [-0.3, -0.25) is 4.98 Å². The zero-order valence-corrected chi connectivity index (χ0v) is 10.8. The second kappa shape index (κ2) is 5.05. The van der Waals surface area contributed by atoms with Crippen molar-refractivity contribution in [1.82, 2.24) is 4.98 Å². The van der Waals surface area contributed by atoms with Gasteiger partial charge in [0.2, 0.25) is 0 Å². The molecule has 3 heteroatoms. The highest BCUT2D eigenvalue weighted by Crippen LogP contribution is 2.39. The van der Waals surface area contributed by atoms with Gasteiger partial charge in [0.1, 0.15) is 5.75 Å². The average Bonchev–Trinajstić information content (AvgIpc) is 2.39. The third kappa shape index (κ3) is 2.60. The van der Waals surface area contributed by atoms with Crippen LogP contribution >= 0.6 is 0 Å². The molecule has 2 N–H and O–H groups in total. The lowest BCUT2D eigenvalue weighted by molar-refractivity contribution is 0.220. The van der Waals surface area contributed by atoms with Gasteiger partial charge in [0.05, 0.1) is 13.3 Å². The summed E-state index contributed by atoms with van der Waals surface area (Å²) in [6.07, 6.45) is 9.49. The molecule has 1 heterocycles. The fourth-order valence-corrected chi connectivity index (χ4v) is 2.84. The molecule has 1 aliphatic rings. The number of hydrogen-bond acceptors (Lipinski definition) is 3. The van der Waals surface area contributed by atoms with Gasteiger partial charge in [0.15, 0.2) is 0 Å². The van der Waals surface area contributed by atoms with E-state index in [2.05, 4.69) is 11.9 Å². The number of nitrogens with zero attached hydrogens (tertiary/aromatic N) is 1. The topological polar surface area (TPSA) is 48.1 Å². The maximum absolute atomic E-state index is 6.57. The van der Waals surface area contributed by atoms with Gasteiger partial charge in [-0.15, -0.1) is 0 Å². The molecular weight excluding hydrogens is 212 g/mol. The summed E-state index contributed by atoms with van der Waals surface area (Å²) in [7, 11) is 1.67. The first kappa shape index (κ1) is 12.4. The molecule has 1 aromatic heterocycles. The number of aromatic nitrogens is 1. The van der Waals surface area contributed by atoms with Crippen LogP contribution in [0.1, 0.15) is 44.6 Å². The number of rotatable bonds is 3. The lowest BCUT2D eigenvalue weighted by Gasteiger charge is -2.38. The number of nitrogens with two attached hydrogens (primary N) is 1. The molecule has 3 nitrogen and oxygen atoms in total. The van der Waals surface area contributed by atoms with E-state index in [0.717, 1.165) is 30.1 Å². The SMILES string of the molecule is CCC1CCCC(N)(c2cncc(OC)c2)C1. The Balaban J connectivity index is 2.23. The number of methoxy groups -OCH3 is 1. The minimum atomic E-state index is -0.208. The Morgan fingerprint density at radius 1 is 1.53 bits per heavy atom. The van der Waals surface area contributed by atoms with Gasteiger partial charge in [-0.1, -0.05) is 26.2 Å². The second-order valence-corrected chi connectivity index (χ2v) is 5.14. The first-order valence-corrected chi connectivity index (χ1v) is 6.46. The molecule has 0 saturated heterocycles. The third-order valence-electron chi connectivity index (χ3n) is 3.99. The standard InChI is InChI=1S/C14H22N2O/c1-3-11-5-4-6-14(15,8-11)12-7-13(17-2)10-16-9-12/h7,9-11H,3-6,8,15H2,1-2H3. The van der Waals surface area contributed by atoms with Crippen LogP contribution in [0.2, 0.25) is 0 Å². The van der Waals surface area contributed by atoms with Gasteiger partial charge in [-0.25, -0.2) is 0 Å². The van der Waals surface area contributed by atoms with E-state index in [-0.39, 0.29) is 5.54 Å². The average molecular weight is 234 g/mol. The first-order chi connectivity index (χ1) is 8.18. The molecule has 2 rings (SSSR count). The van der Waals surface area contributed by atoms with Crippen molar-refractivity contribution in [2.24, 2.45) is 11.7 Å². The number of hydrogen-bond donors (Lipinski definition) is 1. The van der Waals surface area contributed by atoms with E-state index in [1.165, 1.54) is 19.3 Å². The largest absolute Gasteiger partial charge is 0.495 e. The van der Waals surface area contributed by atoms with Crippen LogP contribution in [0.15, 0.2) is 18.5 Å². The van der Waals surface area contributed by atoms with Gasteiger partial charge < -0.3 is 10.5 Å². The van der Waals surface area contributed by atoms with Gasteiger partial charge in [0, 0.05) is 11.7 Å². The van der Waals surface area contributed by atoms with Crippen molar-refractivity contribution in [1.29, 1.82) is 0 Å². The Morgan fingerprint density at radius 2 is 2.35 bits per heavy atom. The fraction of sp³-hybridized carbons (Fsp3) is 0.643. The maximum atomic E-state index is 6.57. The monoisotopic (exact) mass is 234 g/mol. The predicted molar refractivity (Wildman–Crippen MR) is 68.9 cm³/mol. The highest BCUT2D eigenvalue weighted by molar-refractivity contribution is 5.29. The Hall–Kier alpha value is -1.09. The summed E-state index contributed by atoms with van der Waals surface area (Å²) in [6.45, 7) is 2.25. The molecular formula is C14H22N2O. The van der Waals surface area contributed by atoms with Crippen molar-refractivity contribution < 1.29 is 4.74 Å². The molecule has 94 valence electrons. The fourth-order valence-electron chi connectivity index (χ4n) is 2.84. The molecule has 0 aliphatic heterocycles. The molecule has 0 amide bonds. The highest BCUT2D eigenvalue weighted by Gasteiger charge is 2.34. The summed E-state index contributed by atoms with van der Waals surface area (Å²) >= 11 is 0. The third-order valence-corrected chi connectivity index (χ3v) is 3.99. The molecule has 2 atom stereocenters. The first-order valence-electron chi connectivity index (χ1n) is 6.46. The van der Waals surface area contributed by atoms with Crippen molar-refractivity contribution in [2.75, 3.05) is 7.11 Å². The zero-order valence-electron chi connectivity index (χ0n) is 10.8. The van der Waals surface area contributed by atoms with Crippen molar-refractivity contribution in [3.63, 3.8) is 0 Å². The molecule has 1 aliphatic carbocycles. The van der Waals surface area contributed by atoms with Crippen molar-refractivity contribution >= 4 is 0 Å². The second-order valence-electron chi connectivity index (χ2n) is 5.14. The Kier molecular flexibility index (Phi) is 3.67. The van der Waals surface area contributed by atoms with Crippen molar-refractivity contribution in [3.8, 4) is 5.75 Å². The van der Waals surface area contributed by atoms with Gasteiger partial charge in [-0.2, -0.15) is 0 Å². The van der Waals surface area contributed by atoms with Crippen LogP contribution in [0.4, 0.5) is 0 Å². The minimum absolute atomic E-state index is 0.208. The summed E-state index contributed by atoms with van der Waals surface area (Å²) in [4.78, 5) is 4.22. The van der Waals surface area contributed by atoms with E-state index in [1.807, 2.05) is 12.3 Å². The van der Waals surface area contributed by atoms with E-state index >= 15 is 0 Å². The van der Waals surface area contributed by atoms with Crippen LogP contribution in [-0.2, 0) is 5.54 Å². The molecule has 1 fully saturated rings. The summed E-state index contributed by atoms with van der Waals surface area (Å²) in [5.41, 5.74) is 7.49. The molecule has 1 aromatic rings. The molecule has 0 spiro atoms. The molecule has 0 bridgehead atoms. The van der Waals surface area contributed by atoms with Crippen molar-refractivity contribution in [3.05, 3.63) is 24.0 Å². The van der Waals surface area contributed by atoms with E-state index in [9.17, 15) is 0 Å². The lowest BCUT2D eigenvalue weighted by Crippen LogP contribution is -2.41. The van der Waals surface area contributed by atoms with Crippen LogP contribution < -0.4 is 10.5 Å². The Labute approximate surface area is 103 Å². The Bertz CT molecular complexity index is 380. The molecule has 2 unspecified atom stereocenters. The van der Waals surface area contributed by atoms with Crippen LogP contribution in [-0.4, -0.2) is 12.1 Å². The van der Waals surface area contributed by atoms with Crippen LogP contribution in [0.25, 0.3) is 0 Å². The Morgan fingerprint density at radius 3 is 3.06 bits per heavy atom. The predicted octanol–water partition coefficient (Wildman–Crippen LogP) is 2.84. The summed E-state index contributed by atoms with van der Waals surface area (Å²) in [6, 6.07) is 2.03. The summed E-state index contributed by atoms with van der Waals surface area (Å²) in [5.74, 6) is 1.55.